The number of aliphatic hydroxyl groups is 2. The number of fused-ring (bicyclic) bond motifs is 5. The summed E-state index contributed by atoms with van der Waals surface area (Å²) in [6.07, 6.45) is 10.0. The molecular weight excluding hydrogens is 438 g/mol. The third kappa shape index (κ3) is 3.82. The summed E-state index contributed by atoms with van der Waals surface area (Å²) in [7, 11) is 0. The van der Waals surface area contributed by atoms with Gasteiger partial charge in [-0.15, -0.1) is 0 Å². The van der Waals surface area contributed by atoms with Crippen molar-refractivity contribution < 1.29 is 14.9 Å². The van der Waals surface area contributed by atoms with Crippen LogP contribution in [0.1, 0.15) is 83.6 Å². The monoisotopic (exact) mass is 483 g/mol. The second-order valence-corrected chi connectivity index (χ2v) is 12.4. The van der Waals surface area contributed by atoms with Crippen LogP contribution in [0.4, 0.5) is 0 Å². The number of aliphatic imine (C=N–C) groups is 1. The zero-order chi connectivity index (χ0) is 24.9. The van der Waals surface area contributed by atoms with Crippen molar-refractivity contribution in [3.63, 3.8) is 0 Å². The highest BCUT2D eigenvalue weighted by atomic mass is 16.5. The van der Waals surface area contributed by atoms with Crippen molar-refractivity contribution in [1.82, 2.24) is 0 Å². The molecule has 4 saturated carbocycles. The van der Waals surface area contributed by atoms with E-state index in [9.17, 15) is 10.2 Å². The quantitative estimate of drug-likeness (QED) is 0.277. The summed E-state index contributed by atoms with van der Waals surface area (Å²) in [5, 5.41) is 24.5. The first kappa shape index (κ1) is 25.0. The van der Waals surface area contributed by atoms with Gasteiger partial charge in [-0.25, -0.2) is 0 Å². The lowest BCUT2D eigenvalue weighted by atomic mass is 9.43. The molecule has 0 aromatic heterocycles. The van der Waals surface area contributed by atoms with E-state index in [0.717, 1.165) is 56.9 Å². The Bertz CT molecular complexity index is 936. The molecule has 1 aromatic carbocycles. The summed E-state index contributed by atoms with van der Waals surface area (Å²) in [5.74, 6) is 1.56. The lowest BCUT2D eigenvalue weighted by Crippen LogP contribution is -2.64. The van der Waals surface area contributed by atoms with Gasteiger partial charge in [0.1, 0.15) is 0 Å². The largest absolute Gasteiger partial charge is 0.389 e. The van der Waals surface area contributed by atoms with Crippen LogP contribution in [0.15, 0.2) is 35.3 Å². The zero-order valence-electron chi connectivity index (χ0n) is 21.6. The molecule has 1 aromatic rings. The first-order valence-corrected chi connectivity index (χ1v) is 13.8. The Morgan fingerprint density at radius 3 is 2.49 bits per heavy atom. The van der Waals surface area contributed by atoms with Crippen LogP contribution in [-0.4, -0.2) is 41.0 Å². The Morgan fingerprint density at radius 1 is 0.971 bits per heavy atom. The molecule has 0 aliphatic heterocycles. The van der Waals surface area contributed by atoms with Gasteiger partial charge in [0.25, 0.3) is 0 Å². The highest BCUT2D eigenvalue weighted by molar-refractivity contribution is 5.75. The van der Waals surface area contributed by atoms with Gasteiger partial charge in [0.15, 0.2) is 5.96 Å². The number of nitrogens with two attached hydrogens (primary N) is 2. The van der Waals surface area contributed by atoms with E-state index in [2.05, 4.69) is 18.8 Å². The van der Waals surface area contributed by atoms with Crippen LogP contribution < -0.4 is 11.5 Å². The first-order valence-electron chi connectivity index (χ1n) is 13.8. The second kappa shape index (κ2) is 9.04. The van der Waals surface area contributed by atoms with Crippen molar-refractivity contribution in [1.29, 1.82) is 0 Å². The lowest BCUT2D eigenvalue weighted by molar-refractivity contribution is -0.239. The highest BCUT2D eigenvalue weighted by Gasteiger charge is 2.71. The van der Waals surface area contributed by atoms with E-state index in [1.54, 1.807) is 0 Å². The van der Waals surface area contributed by atoms with Crippen LogP contribution in [0.2, 0.25) is 0 Å². The average Bonchev–Trinajstić information content (AvgIpc) is 3.06. The molecular formula is C29H45N3O3. The van der Waals surface area contributed by atoms with Crippen LogP contribution in [0, 0.1) is 28.6 Å². The fourth-order valence-corrected chi connectivity index (χ4v) is 9.05. The minimum atomic E-state index is -0.962. The van der Waals surface area contributed by atoms with E-state index >= 15 is 0 Å². The van der Waals surface area contributed by atoms with Crippen molar-refractivity contribution >= 4 is 5.96 Å². The van der Waals surface area contributed by atoms with Gasteiger partial charge in [0, 0.05) is 18.6 Å². The summed E-state index contributed by atoms with van der Waals surface area (Å²) >= 11 is 0. The molecule has 5 rings (SSSR count). The SMILES string of the molecule is C[C@]12CC[C@H](OCCCN=C(N)N)C[C@H]1CC[C@@H]1[C@@H]2CC[C@]2(C)[C@@](O)(c3ccccc3)CC[C@]12O. The van der Waals surface area contributed by atoms with Gasteiger partial charge in [0.2, 0.25) is 0 Å². The molecule has 0 radical (unpaired) electrons. The molecule has 35 heavy (non-hydrogen) atoms. The van der Waals surface area contributed by atoms with Crippen molar-refractivity contribution in [2.24, 2.45) is 45.0 Å². The van der Waals surface area contributed by atoms with Crippen LogP contribution in [0.3, 0.4) is 0 Å². The summed E-state index contributed by atoms with van der Waals surface area (Å²) in [4.78, 5) is 4.05. The fourth-order valence-electron chi connectivity index (χ4n) is 9.05. The molecule has 194 valence electrons. The number of hydrogen-bond donors (Lipinski definition) is 4. The zero-order valence-corrected chi connectivity index (χ0v) is 21.6. The number of rotatable bonds is 6. The highest BCUT2D eigenvalue weighted by Crippen LogP contribution is 2.71. The van der Waals surface area contributed by atoms with E-state index in [-0.39, 0.29) is 17.3 Å². The van der Waals surface area contributed by atoms with E-state index in [1.165, 1.54) is 0 Å². The normalized spacial score (nSPS) is 44.7. The molecule has 6 N–H and O–H groups in total. The van der Waals surface area contributed by atoms with Crippen LogP contribution in [0.5, 0.6) is 0 Å². The minimum absolute atomic E-state index is 0.143. The summed E-state index contributed by atoms with van der Waals surface area (Å²) in [5.41, 5.74) is 9.74. The Hall–Kier alpha value is -1.63. The standard InChI is InChI=1S/C29H45N3O3/c1-26-13-11-22(35-18-6-17-32-25(30)31)19-21(26)9-10-24-23(26)12-14-27(2)28(33,15-16-29(24,27)34)20-7-4-3-5-8-20/h3-5,7-8,21-24,33-34H,6,9-19H2,1-2H3,(H4,30,31,32)/t21-,22+,23+,24-,26+,27-,28+,29+/m1/s1. The fraction of sp³-hybridized carbons (Fsp3) is 0.759. The van der Waals surface area contributed by atoms with Gasteiger partial charge in [-0.2, -0.15) is 0 Å². The Labute approximate surface area is 210 Å². The molecule has 6 heteroatoms. The van der Waals surface area contributed by atoms with Crippen molar-refractivity contribution in [2.75, 3.05) is 13.2 Å². The van der Waals surface area contributed by atoms with E-state index in [0.29, 0.717) is 43.9 Å². The van der Waals surface area contributed by atoms with Gasteiger partial charge in [-0.05, 0) is 92.9 Å². The number of ether oxygens (including phenoxy) is 1. The molecule has 6 nitrogen and oxygen atoms in total. The van der Waals surface area contributed by atoms with E-state index < -0.39 is 16.6 Å². The van der Waals surface area contributed by atoms with Gasteiger partial charge in [-0.3, -0.25) is 4.99 Å². The van der Waals surface area contributed by atoms with E-state index in [4.69, 9.17) is 16.2 Å². The molecule has 4 aliphatic carbocycles. The van der Waals surface area contributed by atoms with Gasteiger partial charge >= 0.3 is 0 Å². The maximum atomic E-state index is 12.4. The molecule has 0 amide bonds. The number of guanidine groups is 1. The molecule has 0 saturated heterocycles. The molecule has 0 heterocycles. The summed E-state index contributed by atoms with van der Waals surface area (Å²) in [6.45, 7) is 5.98. The average molecular weight is 484 g/mol. The van der Waals surface area contributed by atoms with Crippen molar-refractivity contribution in [2.45, 2.75) is 95.4 Å². The van der Waals surface area contributed by atoms with Crippen molar-refractivity contribution in [3.8, 4) is 0 Å². The maximum absolute atomic E-state index is 12.4. The number of nitrogens with zero attached hydrogens (tertiary/aromatic N) is 1. The summed E-state index contributed by atoms with van der Waals surface area (Å²) in [6, 6.07) is 10.1. The molecule has 0 spiro atoms. The predicted molar refractivity (Wildman–Crippen MR) is 139 cm³/mol. The van der Waals surface area contributed by atoms with Crippen molar-refractivity contribution in [3.05, 3.63) is 35.9 Å². The molecule has 4 fully saturated rings. The number of benzene rings is 1. The van der Waals surface area contributed by atoms with Crippen LogP contribution in [-0.2, 0) is 10.3 Å². The van der Waals surface area contributed by atoms with Gasteiger partial charge < -0.3 is 26.4 Å². The van der Waals surface area contributed by atoms with Crippen LogP contribution >= 0.6 is 0 Å². The maximum Gasteiger partial charge on any atom is 0.185 e. The first-order chi connectivity index (χ1) is 16.6. The third-order valence-corrected chi connectivity index (χ3v) is 11.2. The molecule has 8 atom stereocenters. The second-order valence-electron chi connectivity index (χ2n) is 12.4. The molecule has 0 bridgehead atoms. The smallest absolute Gasteiger partial charge is 0.185 e. The predicted octanol–water partition coefficient (Wildman–Crippen LogP) is 4.08. The molecule has 0 unspecified atom stereocenters. The Kier molecular flexibility index (Phi) is 6.46. The third-order valence-electron chi connectivity index (χ3n) is 11.2. The molecule has 4 aliphatic rings. The lowest BCUT2D eigenvalue weighted by Gasteiger charge is -2.64. The Morgan fingerprint density at radius 2 is 1.74 bits per heavy atom. The Balaban J connectivity index is 1.29. The summed E-state index contributed by atoms with van der Waals surface area (Å²) < 4.78 is 6.24. The van der Waals surface area contributed by atoms with E-state index in [1.807, 2.05) is 30.3 Å². The topological polar surface area (TPSA) is 114 Å². The number of hydrogen-bond acceptors (Lipinski definition) is 4. The van der Waals surface area contributed by atoms with Gasteiger partial charge in [-0.1, -0.05) is 44.2 Å². The minimum Gasteiger partial charge on any atom is -0.389 e. The van der Waals surface area contributed by atoms with Crippen LogP contribution in [0.25, 0.3) is 0 Å². The van der Waals surface area contributed by atoms with Gasteiger partial charge in [0.05, 0.1) is 17.3 Å².